The zero-order valence-corrected chi connectivity index (χ0v) is 18.8. The maximum absolute atomic E-state index is 13.0. The fourth-order valence-corrected chi connectivity index (χ4v) is 4.46. The van der Waals surface area contributed by atoms with Crippen molar-refractivity contribution in [2.45, 2.75) is 12.6 Å². The molecule has 1 aliphatic heterocycles. The quantitative estimate of drug-likeness (QED) is 0.446. The van der Waals surface area contributed by atoms with Crippen LogP contribution in [0.1, 0.15) is 17.2 Å². The van der Waals surface area contributed by atoms with Crippen molar-refractivity contribution in [3.05, 3.63) is 113 Å². The first-order valence-electron chi connectivity index (χ1n) is 11.4. The van der Waals surface area contributed by atoms with Gasteiger partial charge in [-0.1, -0.05) is 60.7 Å². The minimum Gasteiger partial charge on any atom is -0.463 e. The molecule has 2 aromatic carbocycles. The van der Waals surface area contributed by atoms with E-state index < -0.39 is 0 Å². The van der Waals surface area contributed by atoms with E-state index in [1.807, 2.05) is 17.0 Å². The fraction of sp³-hybridized carbons (Fsp3) is 0.222. The number of hydrogen-bond acceptors (Lipinski definition) is 5. The molecule has 0 atom stereocenters. The van der Waals surface area contributed by atoms with Crippen LogP contribution in [0.2, 0.25) is 0 Å². The SMILES string of the molecule is O=C(Cn1nc(-c2ccco2)ccc1=O)N1CCN(C(c2ccccc2)c2ccccc2)CC1. The summed E-state index contributed by atoms with van der Waals surface area (Å²) in [7, 11) is 0. The predicted molar refractivity (Wildman–Crippen MR) is 129 cm³/mol. The summed E-state index contributed by atoms with van der Waals surface area (Å²) in [5, 5.41) is 4.32. The Bertz CT molecular complexity index is 1240. The molecule has 0 N–H and O–H groups in total. The second-order valence-electron chi connectivity index (χ2n) is 8.33. The van der Waals surface area contributed by atoms with Gasteiger partial charge in [0.05, 0.1) is 12.3 Å². The molecule has 34 heavy (non-hydrogen) atoms. The zero-order chi connectivity index (χ0) is 23.3. The normalized spacial score (nSPS) is 14.4. The first kappa shape index (κ1) is 21.9. The number of hydrogen-bond donors (Lipinski definition) is 0. The highest BCUT2D eigenvalue weighted by atomic mass is 16.3. The third kappa shape index (κ3) is 4.70. The number of carbonyl (C=O) groups is 1. The molecule has 0 radical (unpaired) electrons. The lowest BCUT2D eigenvalue weighted by Gasteiger charge is -2.39. The standard InChI is InChI=1S/C27H26N4O3/c32-25-14-13-23(24-12-7-19-34-24)28-31(25)20-26(33)29-15-17-30(18-16-29)27(21-8-3-1-4-9-21)22-10-5-2-6-11-22/h1-14,19,27H,15-18,20H2. The van der Waals surface area contributed by atoms with Gasteiger partial charge in [-0.15, -0.1) is 0 Å². The van der Waals surface area contributed by atoms with Gasteiger partial charge >= 0.3 is 0 Å². The van der Waals surface area contributed by atoms with Gasteiger partial charge in [-0.3, -0.25) is 14.5 Å². The highest BCUT2D eigenvalue weighted by Gasteiger charge is 2.28. The molecular formula is C27H26N4O3. The van der Waals surface area contributed by atoms with E-state index in [4.69, 9.17) is 4.42 Å². The van der Waals surface area contributed by atoms with Gasteiger partial charge in [0, 0.05) is 32.2 Å². The molecule has 1 amide bonds. The van der Waals surface area contributed by atoms with Gasteiger partial charge in [-0.2, -0.15) is 5.10 Å². The van der Waals surface area contributed by atoms with Crippen molar-refractivity contribution in [1.29, 1.82) is 0 Å². The van der Waals surface area contributed by atoms with E-state index in [0.29, 0.717) is 24.5 Å². The van der Waals surface area contributed by atoms with Crippen LogP contribution in [0.4, 0.5) is 0 Å². The van der Waals surface area contributed by atoms with E-state index in [1.165, 1.54) is 21.9 Å². The number of piperazine rings is 1. The summed E-state index contributed by atoms with van der Waals surface area (Å²) in [5.74, 6) is 0.449. The lowest BCUT2D eigenvalue weighted by Crippen LogP contribution is -2.51. The molecule has 172 valence electrons. The maximum atomic E-state index is 13.0. The van der Waals surface area contributed by atoms with Gasteiger partial charge in [-0.25, -0.2) is 4.68 Å². The molecule has 4 aromatic rings. The Morgan fingerprint density at radius 2 is 1.47 bits per heavy atom. The molecule has 0 bridgehead atoms. The number of carbonyl (C=O) groups excluding carboxylic acids is 1. The van der Waals surface area contributed by atoms with Crippen LogP contribution in [0.5, 0.6) is 0 Å². The lowest BCUT2D eigenvalue weighted by atomic mass is 9.96. The first-order valence-corrected chi connectivity index (χ1v) is 11.4. The van der Waals surface area contributed by atoms with Crippen LogP contribution in [0.25, 0.3) is 11.5 Å². The Morgan fingerprint density at radius 3 is 2.06 bits per heavy atom. The van der Waals surface area contributed by atoms with Crippen molar-refractivity contribution in [3.63, 3.8) is 0 Å². The zero-order valence-electron chi connectivity index (χ0n) is 18.8. The van der Waals surface area contributed by atoms with Crippen molar-refractivity contribution in [2.75, 3.05) is 26.2 Å². The highest BCUT2D eigenvalue weighted by molar-refractivity contribution is 5.76. The Hall–Kier alpha value is -3.97. The van der Waals surface area contributed by atoms with Crippen molar-refractivity contribution in [2.24, 2.45) is 0 Å². The number of benzene rings is 2. The van der Waals surface area contributed by atoms with Crippen LogP contribution in [-0.2, 0) is 11.3 Å². The minimum absolute atomic E-state index is 0.0891. The molecule has 7 nitrogen and oxygen atoms in total. The van der Waals surface area contributed by atoms with Gasteiger partial charge < -0.3 is 9.32 Å². The summed E-state index contributed by atoms with van der Waals surface area (Å²) in [4.78, 5) is 29.6. The van der Waals surface area contributed by atoms with E-state index in [0.717, 1.165) is 13.1 Å². The Kier molecular flexibility index (Phi) is 6.35. The molecule has 0 saturated carbocycles. The summed E-state index contributed by atoms with van der Waals surface area (Å²) in [6.45, 7) is 2.60. The van der Waals surface area contributed by atoms with E-state index in [9.17, 15) is 9.59 Å². The molecule has 0 spiro atoms. The molecule has 1 fully saturated rings. The number of aromatic nitrogens is 2. The van der Waals surface area contributed by atoms with Crippen LogP contribution in [0.15, 0.2) is 100 Å². The molecule has 0 aliphatic carbocycles. The van der Waals surface area contributed by atoms with E-state index in [-0.39, 0.29) is 24.1 Å². The summed E-state index contributed by atoms with van der Waals surface area (Å²) >= 11 is 0. The number of rotatable bonds is 6. The van der Waals surface area contributed by atoms with E-state index >= 15 is 0 Å². The molecule has 5 rings (SSSR count). The monoisotopic (exact) mass is 454 g/mol. The Balaban J connectivity index is 1.28. The first-order chi connectivity index (χ1) is 16.7. The predicted octanol–water partition coefficient (Wildman–Crippen LogP) is 3.44. The van der Waals surface area contributed by atoms with Crippen molar-refractivity contribution in [3.8, 4) is 11.5 Å². The average Bonchev–Trinajstić information content (AvgIpc) is 3.42. The van der Waals surface area contributed by atoms with Crippen LogP contribution in [0.3, 0.4) is 0 Å². The molecule has 0 unspecified atom stereocenters. The Labute approximate surface area is 197 Å². The second kappa shape index (κ2) is 9.89. The fourth-order valence-electron chi connectivity index (χ4n) is 4.46. The summed E-state index contributed by atoms with van der Waals surface area (Å²) in [6, 6.07) is 27.6. The third-order valence-corrected chi connectivity index (χ3v) is 6.19. The van der Waals surface area contributed by atoms with Crippen LogP contribution in [0, 0.1) is 0 Å². The highest BCUT2D eigenvalue weighted by Crippen LogP contribution is 2.29. The average molecular weight is 455 g/mol. The van der Waals surface area contributed by atoms with Crippen molar-refractivity contribution < 1.29 is 9.21 Å². The second-order valence-corrected chi connectivity index (χ2v) is 8.33. The van der Waals surface area contributed by atoms with Gasteiger partial charge in [0.2, 0.25) is 5.91 Å². The molecule has 3 heterocycles. The molecule has 1 aliphatic rings. The van der Waals surface area contributed by atoms with Crippen LogP contribution >= 0.6 is 0 Å². The van der Waals surface area contributed by atoms with Gasteiger partial charge in [0.15, 0.2) is 5.76 Å². The number of nitrogens with zero attached hydrogens (tertiary/aromatic N) is 4. The summed E-state index contributed by atoms with van der Waals surface area (Å²) in [6.07, 6.45) is 1.55. The number of furan rings is 1. The van der Waals surface area contributed by atoms with Crippen molar-refractivity contribution in [1.82, 2.24) is 19.6 Å². The number of amides is 1. The largest absolute Gasteiger partial charge is 0.463 e. The smallest absolute Gasteiger partial charge is 0.267 e. The maximum Gasteiger partial charge on any atom is 0.267 e. The molecule has 1 saturated heterocycles. The van der Waals surface area contributed by atoms with Crippen LogP contribution < -0.4 is 5.56 Å². The molecule has 7 heteroatoms. The lowest BCUT2D eigenvalue weighted by molar-refractivity contribution is -0.134. The summed E-state index contributed by atoms with van der Waals surface area (Å²) in [5.41, 5.74) is 2.68. The molecular weight excluding hydrogens is 428 g/mol. The topological polar surface area (TPSA) is 71.6 Å². The van der Waals surface area contributed by atoms with Crippen molar-refractivity contribution >= 4 is 5.91 Å². The third-order valence-electron chi connectivity index (χ3n) is 6.19. The molecule has 2 aromatic heterocycles. The van der Waals surface area contributed by atoms with Gasteiger partial charge in [-0.05, 0) is 29.3 Å². The van der Waals surface area contributed by atoms with E-state index in [2.05, 4.69) is 58.5 Å². The Morgan fingerprint density at radius 1 is 0.824 bits per heavy atom. The van der Waals surface area contributed by atoms with E-state index in [1.54, 1.807) is 24.5 Å². The van der Waals surface area contributed by atoms with Crippen LogP contribution in [-0.4, -0.2) is 51.7 Å². The van der Waals surface area contributed by atoms with Gasteiger partial charge in [0.25, 0.3) is 5.56 Å². The minimum atomic E-state index is -0.310. The van der Waals surface area contributed by atoms with Gasteiger partial charge in [0.1, 0.15) is 12.2 Å². The summed E-state index contributed by atoms with van der Waals surface area (Å²) < 4.78 is 6.58.